The summed E-state index contributed by atoms with van der Waals surface area (Å²) < 4.78 is 11.1. The quantitative estimate of drug-likeness (QED) is 0.341. The number of aliphatic imine (C=N–C) groups is 1. The van der Waals surface area contributed by atoms with Gasteiger partial charge in [-0.1, -0.05) is 60.3 Å². The van der Waals surface area contributed by atoms with Gasteiger partial charge >= 0.3 is 0 Å². The van der Waals surface area contributed by atoms with E-state index in [1.165, 1.54) is 0 Å². The molecule has 5 nitrogen and oxygen atoms in total. The van der Waals surface area contributed by atoms with Gasteiger partial charge in [-0.3, -0.25) is 14.7 Å². The molecule has 3 aromatic carbocycles. The van der Waals surface area contributed by atoms with Crippen LogP contribution in [0.1, 0.15) is 54.5 Å². The first-order valence-corrected chi connectivity index (χ1v) is 12.9. The normalized spacial score (nSPS) is 19.9. The van der Waals surface area contributed by atoms with Gasteiger partial charge in [-0.2, -0.15) is 0 Å². The van der Waals surface area contributed by atoms with E-state index in [9.17, 15) is 4.79 Å². The summed E-state index contributed by atoms with van der Waals surface area (Å²) in [5.41, 5.74) is 2.70. The molecule has 1 aliphatic carbocycles. The summed E-state index contributed by atoms with van der Waals surface area (Å²) in [5.74, 6) is 1.94. The first kappa shape index (κ1) is 24.7. The van der Waals surface area contributed by atoms with E-state index in [1.54, 1.807) is 14.2 Å². The predicted molar refractivity (Wildman–Crippen MR) is 143 cm³/mol. The largest absolute Gasteiger partial charge is 0.497 e. The first-order chi connectivity index (χ1) is 17.5. The number of amidine groups is 1. The Kier molecular flexibility index (Phi) is 7.22. The summed E-state index contributed by atoms with van der Waals surface area (Å²) in [6.45, 7) is 0. The predicted octanol–water partition coefficient (Wildman–Crippen LogP) is 7.27. The van der Waals surface area contributed by atoms with Crippen LogP contribution in [-0.2, 0) is 4.79 Å². The molecular formula is C29H28Cl2N2O3. The Balaban J connectivity index is 1.70. The average Bonchev–Trinajstić information content (AvgIpc) is 3.58. The Morgan fingerprint density at radius 3 is 2.06 bits per heavy atom. The molecule has 7 heteroatoms. The van der Waals surface area contributed by atoms with Gasteiger partial charge in [0.2, 0.25) is 5.91 Å². The van der Waals surface area contributed by atoms with Gasteiger partial charge in [0.1, 0.15) is 23.4 Å². The molecule has 0 radical (unpaired) electrons. The number of halogens is 2. The van der Waals surface area contributed by atoms with Crippen LogP contribution in [0.25, 0.3) is 0 Å². The fourth-order valence-corrected chi connectivity index (χ4v) is 5.49. The number of rotatable bonds is 6. The van der Waals surface area contributed by atoms with Crippen molar-refractivity contribution in [2.75, 3.05) is 14.2 Å². The van der Waals surface area contributed by atoms with E-state index >= 15 is 0 Å². The molecule has 1 aliphatic heterocycles. The number of amides is 1. The van der Waals surface area contributed by atoms with Crippen LogP contribution in [0.2, 0.25) is 10.0 Å². The minimum absolute atomic E-state index is 0.0294. The van der Waals surface area contributed by atoms with Crippen molar-refractivity contribution in [1.29, 1.82) is 0 Å². The van der Waals surface area contributed by atoms with Gasteiger partial charge in [-0.05, 0) is 60.4 Å². The van der Waals surface area contributed by atoms with E-state index in [2.05, 4.69) is 0 Å². The molecule has 1 amide bonds. The SMILES string of the molecule is COc1ccc(C2=NC(c3ccc(Cl)cc3)C(c3ccc(Cl)cc3)N2C(=O)C2CCCC2)c(OC)c1. The van der Waals surface area contributed by atoms with Crippen molar-refractivity contribution in [2.24, 2.45) is 10.9 Å². The van der Waals surface area contributed by atoms with Crippen LogP contribution in [0.3, 0.4) is 0 Å². The molecule has 186 valence electrons. The lowest BCUT2D eigenvalue weighted by Crippen LogP contribution is -2.41. The number of hydrogen-bond acceptors (Lipinski definition) is 4. The highest BCUT2D eigenvalue weighted by Gasteiger charge is 2.45. The van der Waals surface area contributed by atoms with Gasteiger partial charge < -0.3 is 9.47 Å². The molecule has 2 atom stereocenters. The highest BCUT2D eigenvalue weighted by Crippen LogP contribution is 2.46. The second-order valence-corrected chi connectivity index (χ2v) is 10.1. The topological polar surface area (TPSA) is 51.1 Å². The van der Waals surface area contributed by atoms with E-state index in [4.69, 9.17) is 37.7 Å². The number of carbonyl (C=O) groups is 1. The van der Waals surface area contributed by atoms with Crippen LogP contribution in [0.4, 0.5) is 0 Å². The van der Waals surface area contributed by atoms with E-state index in [-0.39, 0.29) is 23.9 Å². The number of nitrogens with zero attached hydrogens (tertiary/aromatic N) is 2. The Morgan fingerprint density at radius 1 is 0.861 bits per heavy atom. The van der Waals surface area contributed by atoms with E-state index in [1.807, 2.05) is 71.6 Å². The Hall–Kier alpha value is -3.02. The number of carbonyl (C=O) groups excluding carboxylic acids is 1. The van der Waals surface area contributed by atoms with Crippen molar-refractivity contribution in [3.63, 3.8) is 0 Å². The average molecular weight is 523 g/mol. The zero-order valence-electron chi connectivity index (χ0n) is 20.3. The Morgan fingerprint density at radius 2 is 1.47 bits per heavy atom. The summed E-state index contributed by atoms with van der Waals surface area (Å²) in [7, 11) is 3.23. The number of hydrogen-bond donors (Lipinski definition) is 0. The highest BCUT2D eigenvalue weighted by molar-refractivity contribution is 6.30. The summed E-state index contributed by atoms with van der Waals surface area (Å²) in [6, 6.07) is 20.3. The van der Waals surface area contributed by atoms with Gasteiger partial charge in [-0.25, -0.2) is 0 Å². The molecule has 1 saturated carbocycles. The molecule has 2 unspecified atom stereocenters. The third-order valence-corrected chi connectivity index (χ3v) is 7.59. The molecular weight excluding hydrogens is 495 g/mol. The molecule has 0 aromatic heterocycles. The summed E-state index contributed by atoms with van der Waals surface area (Å²) in [5, 5.41) is 1.30. The van der Waals surface area contributed by atoms with Gasteiger partial charge in [-0.15, -0.1) is 0 Å². The zero-order valence-corrected chi connectivity index (χ0v) is 21.8. The van der Waals surface area contributed by atoms with Gasteiger partial charge in [0, 0.05) is 22.0 Å². The van der Waals surface area contributed by atoms with Crippen LogP contribution >= 0.6 is 23.2 Å². The molecule has 1 heterocycles. The van der Waals surface area contributed by atoms with Crippen LogP contribution in [-0.4, -0.2) is 30.9 Å². The standard InChI is InChI=1S/C29H28Cl2N2O3/c1-35-23-15-16-24(25(17-23)36-2)28-32-26(18-7-11-21(30)12-8-18)27(19-9-13-22(31)14-10-19)33(28)29(34)20-5-3-4-6-20/h7-17,20,26-27H,3-6H2,1-2H3. The fourth-order valence-electron chi connectivity index (χ4n) is 5.24. The van der Waals surface area contributed by atoms with Crippen molar-refractivity contribution in [3.05, 3.63) is 93.5 Å². The minimum atomic E-state index is -0.335. The maximum atomic E-state index is 14.2. The molecule has 3 aromatic rings. The maximum Gasteiger partial charge on any atom is 0.231 e. The van der Waals surface area contributed by atoms with Crippen molar-refractivity contribution < 1.29 is 14.3 Å². The maximum absolute atomic E-state index is 14.2. The van der Waals surface area contributed by atoms with Crippen LogP contribution in [0.15, 0.2) is 71.7 Å². The molecule has 0 saturated heterocycles. The molecule has 0 spiro atoms. The summed E-state index contributed by atoms with van der Waals surface area (Å²) in [6.07, 6.45) is 3.91. The molecule has 0 bridgehead atoms. The third kappa shape index (κ3) is 4.70. The summed E-state index contributed by atoms with van der Waals surface area (Å²) >= 11 is 12.4. The molecule has 1 fully saturated rings. The van der Waals surface area contributed by atoms with Gasteiger partial charge in [0.25, 0.3) is 0 Å². The lowest BCUT2D eigenvalue weighted by atomic mass is 9.92. The molecule has 0 N–H and O–H groups in total. The van der Waals surface area contributed by atoms with Crippen LogP contribution in [0, 0.1) is 5.92 Å². The summed E-state index contributed by atoms with van der Waals surface area (Å²) in [4.78, 5) is 21.3. The number of benzene rings is 3. The van der Waals surface area contributed by atoms with Gasteiger partial charge in [0.05, 0.1) is 25.8 Å². The third-order valence-electron chi connectivity index (χ3n) is 7.08. The van der Waals surface area contributed by atoms with Crippen molar-refractivity contribution in [2.45, 2.75) is 37.8 Å². The molecule has 2 aliphatic rings. The zero-order chi connectivity index (χ0) is 25.2. The van der Waals surface area contributed by atoms with E-state index in [0.717, 1.165) is 42.4 Å². The van der Waals surface area contributed by atoms with Gasteiger partial charge in [0.15, 0.2) is 0 Å². The van der Waals surface area contributed by atoms with Crippen molar-refractivity contribution in [3.8, 4) is 11.5 Å². The van der Waals surface area contributed by atoms with E-state index < -0.39 is 0 Å². The Bertz CT molecular complexity index is 1270. The lowest BCUT2D eigenvalue weighted by Gasteiger charge is -2.32. The first-order valence-electron chi connectivity index (χ1n) is 12.1. The molecule has 5 rings (SSSR count). The monoisotopic (exact) mass is 522 g/mol. The van der Waals surface area contributed by atoms with Crippen molar-refractivity contribution >= 4 is 34.9 Å². The smallest absolute Gasteiger partial charge is 0.231 e. The lowest BCUT2D eigenvalue weighted by molar-refractivity contribution is -0.133. The highest BCUT2D eigenvalue weighted by atomic mass is 35.5. The Labute approximate surface area is 221 Å². The fraction of sp³-hybridized carbons (Fsp3) is 0.310. The van der Waals surface area contributed by atoms with Crippen LogP contribution in [0.5, 0.6) is 11.5 Å². The van der Waals surface area contributed by atoms with Crippen LogP contribution < -0.4 is 9.47 Å². The second-order valence-electron chi connectivity index (χ2n) is 9.20. The second kappa shape index (κ2) is 10.5. The minimum Gasteiger partial charge on any atom is -0.497 e. The van der Waals surface area contributed by atoms with E-state index in [0.29, 0.717) is 27.4 Å². The molecule has 36 heavy (non-hydrogen) atoms. The number of ether oxygens (including phenoxy) is 2. The van der Waals surface area contributed by atoms with Crippen molar-refractivity contribution in [1.82, 2.24) is 4.90 Å². The number of methoxy groups -OCH3 is 2.